The number of benzene rings is 1. The molecule has 0 atom stereocenters. The summed E-state index contributed by atoms with van der Waals surface area (Å²) in [5.41, 5.74) is 0.144. The highest BCUT2D eigenvalue weighted by molar-refractivity contribution is 5.83. The molecule has 1 aromatic heterocycles. The molecule has 3 rings (SSSR count). The number of esters is 1. The average molecular weight is 344 g/mol. The van der Waals surface area contributed by atoms with Crippen molar-refractivity contribution in [3.8, 4) is 5.75 Å². The number of hydrogen-bond donors (Lipinski definition) is 1. The van der Waals surface area contributed by atoms with Gasteiger partial charge in [-0.15, -0.1) is 0 Å². The van der Waals surface area contributed by atoms with Crippen LogP contribution in [0.3, 0.4) is 0 Å². The van der Waals surface area contributed by atoms with Gasteiger partial charge in [0, 0.05) is 6.42 Å². The normalized spacial score (nSPS) is 15.4. The minimum absolute atomic E-state index is 0.0170. The molecule has 1 aliphatic rings. The van der Waals surface area contributed by atoms with Crippen LogP contribution in [0, 0.1) is 0 Å². The molecule has 5 heteroatoms. The van der Waals surface area contributed by atoms with Gasteiger partial charge in [0.15, 0.2) is 0 Å². The lowest BCUT2D eigenvalue weighted by Crippen LogP contribution is -2.20. The fourth-order valence-electron chi connectivity index (χ4n) is 3.39. The Morgan fingerprint density at radius 2 is 1.92 bits per heavy atom. The summed E-state index contributed by atoms with van der Waals surface area (Å²) < 4.78 is 10.7. The Bertz CT molecular complexity index is 786. The molecule has 2 aromatic rings. The Balaban J connectivity index is 1.51. The van der Waals surface area contributed by atoms with Crippen LogP contribution in [0.15, 0.2) is 33.5 Å². The highest BCUT2D eigenvalue weighted by Crippen LogP contribution is 2.27. The van der Waals surface area contributed by atoms with E-state index in [1.165, 1.54) is 6.42 Å². The molecule has 0 saturated heterocycles. The van der Waals surface area contributed by atoms with Gasteiger partial charge in [0.05, 0.1) is 10.9 Å². The third kappa shape index (κ3) is 4.41. The fourth-order valence-corrected chi connectivity index (χ4v) is 3.39. The Morgan fingerprint density at radius 1 is 1.16 bits per heavy atom. The van der Waals surface area contributed by atoms with Crippen molar-refractivity contribution in [1.82, 2.24) is 0 Å². The van der Waals surface area contributed by atoms with E-state index >= 15 is 0 Å². The van der Waals surface area contributed by atoms with Gasteiger partial charge >= 0.3 is 11.6 Å². The zero-order chi connectivity index (χ0) is 17.6. The fraction of sp³-hybridized carbons (Fsp3) is 0.500. The molecule has 0 amide bonds. The summed E-state index contributed by atoms with van der Waals surface area (Å²) in [5.74, 6) is -0.182. The maximum atomic E-state index is 12.0. The van der Waals surface area contributed by atoms with Crippen molar-refractivity contribution in [2.75, 3.05) is 0 Å². The number of hydrogen-bond acceptors (Lipinski definition) is 5. The highest BCUT2D eigenvalue weighted by atomic mass is 16.5. The van der Waals surface area contributed by atoms with Gasteiger partial charge in [0.2, 0.25) is 0 Å². The maximum absolute atomic E-state index is 12.0. The van der Waals surface area contributed by atoms with E-state index < -0.39 is 5.63 Å². The Kier molecular flexibility index (Phi) is 5.74. The van der Waals surface area contributed by atoms with E-state index in [-0.39, 0.29) is 23.4 Å². The maximum Gasteiger partial charge on any atom is 0.343 e. The van der Waals surface area contributed by atoms with Gasteiger partial charge in [-0.25, -0.2) is 4.79 Å². The van der Waals surface area contributed by atoms with Crippen molar-refractivity contribution in [3.63, 3.8) is 0 Å². The van der Waals surface area contributed by atoms with Crippen LogP contribution in [0.25, 0.3) is 11.0 Å². The third-order valence-electron chi connectivity index (χ3n) is 4.79. The van der Waals surface area contributed by atoms with E-state index in [1.807, 2.05) is 0 Å². The lowest BCUT2D eigenvalue weighted by Gasteiger charge is -2.21. The van der Waals surface area contributed by atoms with E-state index in [1.54, 1.807) is 24.3 Å². The standard InChI is InChI=1S/C20H24O5/c21-18(24-14-8-2-1-3-9-14)13-7-5-11-16-19(22)15-10-4-6-12-17(15)25-20(16)23/h4,6,10,12,14,22H,1-3,5,7-9,11,13H2. The topological polar surface area (TPSA) is 76.7 Å². The van der Waals surface area contributed by atoms with Gasteiger partial charge in [-0.1, -0.05) is 18.6 Å². The van der Waals surface area contributed by atoms with Gasteiger partial charge in [-0.2, -0.15) is 0 Å². The Morgan fingerprint density at radius 3 is 2.72 bits per heavy atom. The molecule has 1 heterocycles. The molecule has 0 radical (unpaired) electrons. The molecule has 1 saturated carbocycles. The van der Waals surface area contributed by atoms with Crippen LogP contribution in [0.5, 0.6) is 5.75 Å². The smallest absolute Gasteiger partial charge is 0.343 e. The Hall–Kier alpha value is -2.30. The summed E-state index contributed by atoms with van der Waals surface area (Å²) >= 11 is 0. The second-order valence-electron chi connectivity index (χ2n) is 6.67. The lowest BCUT2D eigenvalue weighted by molar-refractivity contribution is -0.150. The van der Waals surface area contributed by atoms with Crippen LogP contribution in [0.4, 0.5) is 0 Å². The monoisotopic (exact) mass is 344 g/mol. The van der Waals surface area contributed by atoms with Gasteiger partial charge in [0.25, 0.3) is 0 Å². The molecule has 0 spiro atoms. The quantitative estimate of drug-likeness (QED) is 0.485. The van der Waals surface area contributed by atoms with Crippen molar-refractivity contribution in [2.24, 2.45) is 0 Å². The van der Waals surface area contributed by atoms with Crippen molar-refractivity contribution >= 4 is 16.9 Å². The SMILES string of the molecule is O=C(CCCCc1c(O)c2ccccc2oc1=O)OC1CCCCC1. The van der Waals surface area contributed by atoms with Gasteiger partial charge in [-0.05, 0) is 57.1 Å². The minimum Gasteiger partial charge on any atom is -0.507 e. The molecule has 1 aliphatic carbocycles. The lowest BCUT2D eigenvalue weighted by atomic mass is 9.98. The number of rotatable bonds is 6. The number of unbranched alkanes of at least 4 members (excludes halogenated alkanes) is 1. The molecule has 0 bridgehead atoms. The van der Waals surface area contributed by atoms with Crippen molar-refractivity contribution in [1.29, 1.82) is 0 Å². The predicted octanol–water partition coefficient (Wildman–Crippen LogP) is 4.09. The van der Waals surface area contributed by atoms with Gasteiger partial charge in [0.1, 0.15) is 17.4 Å². The van der Waals surface area contributed by atoms with E-state index in [9.17, 15) is 14.7 Å². The first-order valence-corrected chi connectivity index (χ1v) is 9.08. The number of para-hydroxylation sites is 1. The number of aromatic hydroxyl groups is 1. The molecule has 0 unspecified atom stereocenters. The molecule has 25 heavy (non-hydrogen) atoms. The van der Waals surface area contributed by atoms with E-state index in [4.69, 9.17) is 9.15 Å². The van der Waals surface area contributed by atoms with Gasteiger partial charge in [-0.3, -0.25) is 4.79 Å². The van der Waals surface area contributed by atoms with E-state index in [0.717, 1.165) is 25.7 Å². The molecule has 1 aromatic carbocycles. The van der Waals surface area contributed by atoms with Crippen molar-refractivity contribution in [3.05, 3.63) is 40.2 Å². The van der Waals surface area contributed by atoms with Crippen molar-refractivity contribution in [2.45, 2.75) is 63.9 Å². The molecule has 134 valence electrons. The first-order chi connectivity index (χ1) is 12.1. The van der Waals surface area contributed by atoms with Crippen LogP contribution in [-0.4, -0.2) is 17.2 Å². The van der Waals surface area contributed by atoms with E-state index in [2.05, 4.69) is 0 Å². The van der Waals surface area contributed by atoms with Gasteiger partial charge < -0.3 is 14.3 Å². The molecule has 1 N–H and O–H groups in total. The molecule has 5 nitrogen and oxygen atoms in total. The highest BCUT2D eigenvalue weighted by Gasteiger charge is 2.18. The number of fused-ring (bicyclic) bond motifs is 1. The summed E-state index contributed by atoms with van der Waals surface area (Å²) in [5, 5.41) is 10.8. The number of ether oxygens (including phenoxy) is 1. The van der Waals surface area contributed by atoms with Crippen LogP contribution < -0.4 is 5.63 Å². The molecule has 1 fully saturated rings. The molecular weight excluding hydrogens is 320 g/mol. The summed E-state index contributed by atoms with van der Waals surface area (Å²) in [6.07, 6.45) is 7.49. The summed E-state index contributed by atoms with van der Waals surface area (Å²) in [6.45, 7) is 0. The Labute approximate surface area is 146 Å². The second kappa shape index (κ2) is 8.19. The summed E-state index contributed by atoms with van der Waals surface area (Å²) in [7, 11) is 0. The predicted molar refractivity (Wildman–Crippen MR) is 94.7 cm³/mol. The first-order valence-electron chi connectivity index (χ1n) is 9.08. The van der Waals surface area contributed by atoms with Crippen LogP contribution in [0.1, 0.15) is 56.9 Å². The number of carbonyl (C=O) groups excluding carboxylic acids is 1. The van der Waals surface area contributed by atoms with Crippen LogP contribution in [0.2, 0.25) is 0 Å². The average Bonchev–Trinajstić information content (AvgIpc) is 2.62. The van der Waals surface area contributed by atoms with E-state index in [0.29, 0.717) is 36.7 Å². The molecular formula is C20H24O5. The zero-order valence-corrected chi connectivity index (χ0v) is 14.3. The zero-order valence-electron chi connectivity index (χ0n) is 14.3. The number of carbonyl (C=O) groups is 1. The summed E-state index contributed by atoms with van der Waals surface area (Å²) in [6, 6.07) is 6.91. The first kappa shape index (κ1) is 17.5. The van der Waals surface area contributed by atoms with Crippen molar-refractivity contribution < 1.29 is 19.1 Å². The summed E-state index contributed by atoms with van der Waals surface area (Å²) in [4.78, 5) is 23.9. The minimum atomic E-state index is -0.513. The van der Waals surface area contributed by atoms with Crippen LogP contribution in [-0.2, 0) is 16.0 Å². The third-order valence-corrected chi connectivity index (χ3v) is 4.79. The largest absolute Gasteiger partial charge is 0.507 e. The second-order valence-corrected chi connectivity index (χ2v) is 6.67. The molecule has 0 aliphatic heterocycles. The van der Waals surface area contributed by atoms with Crippen LogP contribution >= 0.6 is 0 Å².